The number of fused-ring (bicyclic) bond motifs is 2. The van der Waals surface area contributed by atoms with Crippen molar-refractivity contribution in [3.8, 4) is 0 Å². The number of hydrogen-bond donors (Lipinski definition) is 2. The van der Waals surface area contributed by atoms with E-state index < -0.39 is 76.5 Å². The molecule has 7 aliphatic heterocycles. The number of aliphatic hydroxyl groups is 2. The summed E-state index contributed by atoms with van der Waals surface area (Å²) >= 11 is 0. The van der Waals surface area contributed by atoms with E-state index in [4.69, 9.17) is 28.4 Å². The van der Waals surface area contributed by atoms with Crippen molar-refractivity contribution < 1.29 is 48.2 Å². The number of ketones is 2. The van der Waals surface area contributed by atoms with Crippen LogP contribution in [0.25, 0.3) is 0 Å². The summed E-state index contributed by atoms with van der Waals surface area (Å²) in [5.74, 6) is -0.863. The molecule has 7 heterocycles. The number of aliphatic hydroxyl groups excluding tert-OH is 2. The molecule has 0 aromatic rings. The van der Waals surface area contributed by atoms with Crippen molar-refractivity contribution in [3.63, 3.8) is 0 Å². The quantitative estimate of drug-likeness (QED) is 0.288. The summed E-state index contributed by atoms with van der Waals surface area (Å²) in [5, 5.41) is 22.3. The van der Waals surface area contributed by atoms with Crippen LogP contribution >= 0.6 is 0 Å². The van der Waals surface area contributed by atoms with Gasteiger partial charge >= 0.3 is 0 Å². The van der Waals surface area contributed by atoms with Gasteiger partial charge in [-0.25, -0.2) is 0 Å². The average Bonchev–Trinajstić information content (AvgIpc) is 3.95. The van der Waals surface area contributed by atoms with Gasteiger partial charge in [0.1, 0.15) is 35.6 Å². The van der Waals surface area contributed by atoms with Gasteiger partial charge in [0.15, 0.2) is 17.7 Å². The molecule has 5 saturated heterocycles. The van der Waals surface area contributed by atoms with Crippen molar-refractivity contribution in [3.05, 3.63) is 23.0 Å². The lowest BCUT2D eigenvalue weighted by atomic mass is 9.43. The minimum Gasteiger partial charge on any atom is -0.498 e. The minimum absolute atomic E-state index is 0.0488. The number of epoxide rings is 2. The SMILES string of the molecule is CCCCC[C@@H]1O[C@@H]2C3=C(C(=O)[C@@H]4O[C@@]45C[C@H](O)C(C)(C)O[C@@H]35)C1[C@H]1[C@H](CCCCC)OC=C3[C@@H]4OC(C)(C)[C@@H](O)C[C@@]45O[C@H]5C(=O)[C@]321. The van der Waals surface area contributed by atoms with E-state index in [0.717, 1.165) is 56.9 Å². The van der Waals surface area contributed by atoms with E-state index in [-0.39, 0.29) is 42.5 Å². The molecule has 0 aromatic carbocycles. The van der Waals surface area contributed by atoms with Crippen molar-refractivity contribution in [2.24, 2.45) is 17.3 Å². The van der Waals surface area contributed by atoms with Crippen LogP contribution in [0.2, 0.25) is 0 Å². The van der Waals surface area contributed by atoms with Gasteiger partial charge in [0.05, 0.1) is 47.3 Å². The predicted octanol–water partition coefficient (Wildman–Crippen LogP) is 4.02. The molecule has 3 spiro atoms. The highest BCUT2D eigenvalue weighted by atomic mass is 16.7. The molecule has 2 N–H and O–H groups in total. The first-order valence-corrected chi connectivity index (χ1v) is 18.7. The van der Waals surface area contributed by atoms with Crippen LogP contribution in [-0.4, -0.2) is 99.1 Å². The zero-order chi connectivity index (χ0) is 33.8. The van der Waals surface area contributed by atoms with Gasteiger partial charge < -0.3 is 38.6 Å². The number of ether oxygens (including phenoxy) is 6. The Balaban J connectivity index is 1.25. The normalized spacial score (nSPS) is 51.2. The predicted molar refractivity (Wildman–Crippen MR) is 171 cm³/mol. The summed E-state index contributed by atoms with van der Waals surface area (Å²) in [6.45, 7) is 11.9. The van der Waals surface area contributed by atoms with Gasteiger partial charge in [-0.15, -0.1) is 0 Å². The van der Waals surface area contributed by atoms with Crippen LogP contribution in [0.3, 0.4) is 0 Å². The van der Waals surface area contributed by atoms with E-state index in [1.165, 1.54) is 0 Å². The Kier molecular flexibility index (Phi) is 6.88. The van der Waals surface area contributed by atoms with Crippen LogP contribution in [0, 0.1) is 17.3 Å². The average molecular weight is 669 g/mol. The van der Waals surface area contributed by atoms with Gasteiger partial charge in [0.25, 0.3) is 0 Å². The molecule has 0 radical (unpaired) electrons. The lowest BCUT2D eigenvalue weighted by Crippen LogP contribution is -2.76. The van der Waals surface area contributed by atoms with Gasteiger partial charge in [-0.1, -0.05) is 46.0 Å². The van der Waals surface area contributed by atoms with Crippen LogP contribution < -0.4 is 0 Å². The van der Waals surface area contributed by atoms with E-state index in [9.17, 15) is 15.0 Å². The van der Waals surface area contributed by atoms with E-state index in [1.54, 1.807) is 6.26 Å². The lowest BCUT2D eigenvalue weighted by molar-refractivity contribution is -0.246. The summed E-state index contributed by atoms with van der Waals surface area (Å²) in [7, 11) is 0. The van der Waals surface area contributed by atoms with Crippen LogP contribution in [-0.2, 0) is 38.0 Å². The third-order valence-corrected chi connectivity index (χ3v) is 13.9. The molecule has 1 saturated carbocycles. The maximum Gasteiger partial charge on any atom is 0.191 e. The Labute approximate surface area is 282 Å². The fraction of sp³-hybridized carbons (Fsp3) is 0.842. The third-order valence-electron chi connectivity index (χ3n) is 13.9. The Morgan fingerprint density at radius 2 is 1.31 bits per heavy atom. The lowest BCUT2D eigenvalue weighted by Gasteiger charge is -2.66. The van der Waals surface area contributed by atoms with Crippen LogP contribution in [0.1, 0.15) is 106 Å². The fourth-order valence-corrected chi connectivity index (χ4v) is 11.2. The molecule has 48 heavy (non-hydrogen) atoms. The molecule has 1 unspecified atom stereocenters. The number of hydrogen-bond acceptors (Lipinski definition) is 10. The second kappa shape index (κ2) is 10.2. The molecular weight excluding hydrogens is 616 g/mol. The van der Waals surface area contributed by atoms with Crippen molar-refractivity contribution in [1.29, 1.82) is 0 Å². The topological polar surface area (TPSA) is 137 Å². The molecule has 6 fully saturated rings. The molecule has 10 nitrogen and oxygen atoms in total. The Morgan fingerprint density at radius 1 is 0.729 bits per heavy atom. The number of Topliss-reactive ketones (excluding diaryl/α,β-unsaturated/α-hetero) is 2. The first kappa shape index (κ1) is 32.3. The second-order valence-electron chi connectivity index (χ2n) is 17.4. The molecule has 0 amide bonds. The number of rotatable bonds is 8. The van der Waals surface area contributed by atoms with Gasteiger partial charge in [-0.2, -0.15) is 0 Å². The Bertz CT molecular complexity index is 1500. The fourth-order valence-electron chi connectivity index (χ4n) is 11.2. The molecule has 2 bridgehead atoms. The monoisotopic (exact) mass is 668 g/mol. The maximum atomic E-state index is 15.4. The molecule has 14 atom stereocenters. The van der Waals surface area contributed by atoms with Crippen molar-refractivity contribution >= 4 is 11.6 Å². The highest BCUT2D eigenvalue weighted by molar-refractivity contribution is 6.07. The van der Waals surface area contributed by atoms with Gasteiger partial charge in [-0.05, 0) is 52.5 Å². The second-order valence-corrected chi connectivity index (χ2v) is 17.4. The van der Waals surface area contributed by atoms with Crippen molar-refractivity contribution in [2.45, 2.75) is 183 Å². The summed E-state index contributed by atoms with van der Waals surface area (Å²) < 4.78 is 40.3. The van der Waals surface area contributed by atoms with E-state index in [0.29, 0.717) is 11.1 Å². The molecule has 3 aliphatic carbocycles. The number of carbonyl (C=O) groups is 2. The summed E-state index contributed by atoms with van der Waals surface area (Å²) in [4.78, 5) is 30.1. The molecular formula is C38H52O10. The first-order chi connectivity index (χ1) is 22.8. The molecule has 264 valence electrons. The van der Waals surface area contributed by atoms with E-state index in [1.807, 2.05) is 27.7 Å². The summed E-state index contributed by atoms with van der Waals surface area (Å²) in [6, 6.07) is 0. The van der Waals surface area contributed by atoms with Crippen LogP contribution in [0.15, 0.2) is 23.0 Å². The first-order valence-electron chi connectivity index (χ1n) is 18.7. The smallest absolute Gasteiger partial charge is 0.191 e. The zero-order valence-electron chi connectivity index (χ0n) is 29.2. The van der Waals surface area contributed by atoms with E-state index in [2.05, 4.69) is 13.8 Å². The molecule has 0 aromatic heterocycles. The molecule has 10 rings (SSSR count). The van der Waals surface area contributed by atoms with Crippen molar-refractivity contribution in [1.82, 2.24) is 0 Å². The third kappa shape index (κ3) is 3.84. The summed E-state index contributed by atoms with van der Waals surface area (Å²) in [6.07, 6.45) is 4.29. The van der Waals surface area contributed by atoms with Crippen molar-refractivity contribution in [2.75, 3.05) is 0 Å². The van der Waals surface area contributed by atoms with Gasteiger partial charge in [0.2, 0.25) is 0 Å². The maximum absolute atomic E-state index is 15.4. The molecule has 10 heteroatoms. The van der Waals surface area contributed by atoms with Gasteiger partial charge in [0, 0.05) is 35.8 Å². The summed E-state index contributed by atoms with van der Waals surface area (Å²) in [5.41, 5.74) is -2.75. The molecule has 10 aliphatic rings. The van der Waals surface area contributed by atoms with Crippen LogP contribution in [0.5, 0.6) is 0 Å². The van der Waals surface area contributed by atoms with E-state index >= 15 is 4.79 Å². The highest BCUT2D eigenvalue weighted by Crippen LogP contribution is 2.73. The zero-order valence-corrected chi connectivity index (χ0v) is 29.2. The number of carbonyl (C=O) groups excluding carboxylic acids is 2. The Morgan fingerprint density at radius 3 is 1.96 bits per heavy atom. The Hall–Kier alpha value is -1.66. The standard InChI is InChI=1S/C38H52O10/c1-7-9-11-13-19-23-24-25(30-37(32(47-37)27(24)41)16-22(40)35(5,6)46-30)31(44-19)38-18(17-43-20(26(23)38)14-12-10-8-2)29-36(33(48-36)28(38)42)15-21(39)34(3,4)45-29/h17,19-23,26,29-33,39-40H,7-16H2,1-6H3/t19-,20-,21-,22-,23?,26+,29-,30-,31+,32-,33-,36+,37+,38+/m0/s1. The minimum atomic E-state index is -1.19. The number of unbranched alkanes of at least 4 members (excludes halogenated alkanes) is 4. The largest absolute Gasteiger partial charge is 0.498 e. The van der Waals surface area contributed by atoms with Gasteiger partial charge in [-0.3, -0.25) is 9.59 Å². The highest BCUT2D eigenvalue weighted by Gasteiger charge is 2.86. The van der Waals surface area contributed by atoms with Crippen LogP contribution in [0.4, 0.5) is 0 Å².